The van der Waals surface area contributed by atoms with Gasteiger partial charge in [0.05, 0.1) is 19.6 Å². The van der Waals surface area contributed by atoms with Crippen LogP contribution in [0.4, 0.5) is 10.5 Å². The number of hydrogen-bond donors (Lipinski definition) is 3. The number of urea groups is 1. The lowest BCUT2D eigenvalue weighted by Crippen LogP contribution is -2.46. The monoisotopic (exact) mass is 531 g/mol. The number of guanidine groups is 1. The lowest BCUT2D eigenvalue weighted by atomic mass is 9.97. The Balaban J connectivity index is 0.00000450. The van der Waals surface area contributed by atoms with Crippen molar-refractivity contribution in [2.75, 3.05) is 32.1 Å². The van der Waals surface area contributed by atoms with Gasteiger partial charge in [-0.15, -0.1) is 24.0 Å². The first-order chi connectivity index (χ1) is 13.9. The summed E-state index contributed by atoms with van der Waals surface area (Å²) in [6.07, 6.45) is 1.55. The highest BCUT2D eigenvalue weighted by molar-refractivity contribution is 14.0. The molecule has 0 radical (unpaired) electrons. The molecule has 2 rings (SSSR count). The summed E-state index contributed by atoms with van der Waals surface area (Å²) in [5, 5.41) is 8.94. The van der Waals surface area contributed by atoms with Crippen LogP contribution in [0.1, 0.15) is 39.2 Å². The van der Waals surface area contributed by atoms with Gasteiger partial charge in [-0.05, 0) is 51.3 Å². The summed E-state index contributed by atoms with van der Waals surface area (Å²) < 4.78 is 4.86. The Hall–Kier alpha value is -2.04. The molecule has 30 heavy (non-hydrogen) atoms. The highest BCUT2D eigenvalue weighted by Crippen LogP contribution is 2.19. The summed E-state index contributed by atoms with van der Waals surface area (Å²) >= 11 is 0. The minimum Gasteiger partial charge on any atom is -0.469 e. The number of aliphatic imine (C=N–C) groups is 1. The number of halogens is 1. The second kappa shape index (κ2) is 13.3. The fourth-order valence-electron chi connectivity index (χ4n) is 3.21. The van der Waals surface area contributed by atoms with Crippen molar-refractivity contribution in [3.8, 4) is 0 Å². The third-order valence-electron chi connectivity index (χ3n) is 4.71. The number of methoxy groups -OCH3 is 1. The average Bonchev–Trinajstić information content (AvgIpc) is 2.71. The quantitative estimate of drug-likeness (QED) is 0.227. The Morgan fingerprint density at radius 1 is 1.20 bits per heavy atom. The number of rotatable bonds is 6. The van der Waals surface area contributed by atoms with Gasteiger partial charge >= 0.3 is 12.0 Å². The average molecular weight is 531 g/mol. The van der Waals surface area contributed by atoms with Crippen LogP contribution in [-0.2, 0) is 16.1 Å². The first kappa shape index (κ1) is 26.0. The number of nitrogens with zero attached hydrogens (tertiary/aromatic N) is 2. The summed E-state index contributed by atoms with van der Waals surface area (Å²) in [5.41, 5.74) is 1.80. The van der Waals surface area contributed by atoms with E-state index in [4.69, 9.17) is 9.73 Å². The largest absolute Gasteiger partial charge is 0.469 e. The number of hydrogen-bond acceptors (Lipinski definition) is 4. The van der Waals surface area contributed by atoms with Crippen LogP contribution in [0, 0.1) is 5.92 Å². The van der Waals surface area contributed by atoms with E-state index >= 15 is 0 Å². The molecule has 1 aromatic rings. The van der Waals surface area contributed by atoms with E-state index in [1.807, 2.05) is 45.0 Å². The molecule has 1 heterocycles. The Morgan fingerprint density at radius 2 is 1.83 bits per heavy atom. The Morgan fingerprint density at radius 3 is 2.37 bits per heavy atom. The van der Waals surface area contributed by atoms with Crippen molar-refractivity contribution in [2.24, 2.45) is 10.9 Å². The standard InChI is InChI=1S/C21H33N5O3.HI/c1-5-22-20(26-12-10-17(11-13-26)19(27)29-4)23-14-16-6-8-18(9-7-16)25-21(28)24-15(2)3;/h6-9,15,17H,5,10-14H2,1-4H3,(H,22,23)(H2,24,25,28);1H. The van der Waals surface area contributed by atoms with Gasteiger partial charge in [-0.1, -0.05) is 12.1 Å². The molecule has 8 nitrogen and oxygen atoms in total. The van der Waals surface area contributed by atoms with Gasteiger partial charge in [0, 0.05) is 31.4 Å². The maximum Gasteiger partial charge on any atom is 0.319 e. The van der Waals surface area contributed by atoms with E-state index in [-0.39, 0.29) is 47.9 Å². The van der Waals surface area contributed by atoms with Gasteiger partial charge in [-0.3, -0.25) is 4.79 Å². The number of carbonyl (C=O) groups is 2. The predicted octanol–water partition coefficient (Wildman–Crippen LogP) is 3.19. The maximum atomic E-state index is 11.8. The van der Waals surface area contributed by atoms with Gasteiger partial charge < -0.3 is 25.6 Å². The zero-order valence-corrected chi connectivity index (χ0v) is 20.6. The van der Waals surface area contributed by atoms with Crippen molar-refractivity contribution in [3.05, 3.63) is 29.8 Å². The van der Waals surface area contributed by atoms with Crippen molar-refractivity contribution >= 4 is 47.6 Å². The number of piperidine rings is 1. The molecule has 0 aliphatic carbocycles. The van der Waals surface area contributed by atoms with Crippen molar-refractivity contribution in [3.63, 3.8) is 0 Å². The van der Waals surface area contributed by atoms with Crippen molar-refractivity contribution in [1.82, 2.24) is 15.5 Å². The molecular weight excluding hydrogens is 497 g/mol. The molecule has 0 saturated carbocycles. The zero-order chi connectivity index (χ0) is 21.2. The summed E-state index contributed by atoms with van der Waals surface area (Å²) in [5.74, 6) is 0.712. The Kier molecular flexibility index (Phi) is 11.5. The molecule has 0 bridgehead atoms. The summed E-state index contributed by atoms with van der Waals surface area (Å²) in [4.78, 5) is 30.4. The number of anilines is 1. The SMILES string of the molecule is CCNC(=NCc1ccc(NC(=O)NC(C)C)cc1)N1CCC(C(=O)OC)CC1.I. The number of esters is 1. The van der Waals surface area contributed by atoms with E-state index in [0.29, 0.717) is 6.54 Å². The number of nitrogens with one attached hydrogen (secondary N) is 3. The van der Waals surface area contributed by atoms with Gasteiger partial charge in [0.25, 0.3) is 0 Å². The number of ether oxygens (including phenoxy) is 1. The second-order valence-electron chi connectivity index (χ2n) is 7.40. The fraction of sp³-hybridized carbons (Fsp3) is 0.571. The van der Waals surface area contributed by atoms with Crippen molar-refractivity contribution < 1.29 is 14.3 Å². The normalized spacial score (nSPS) is 14.7. The lowest BCUT2D eigenvalue weighted by molar-refractivity contribution is -0.146. The highest BCUT2D eigenvalue weighted by Gasteiger charge is 2.26. The summed E-state index contributed by atoms with van der Waals surface area (Å²) in [6.45, 7) is 8.75. The molecule has 1 fully saturated rings. The van der Waals surface area contributed by atoms with Crippen molar-refractivity contribution in [2.45, 2.75) is 46.2 Å². The molecular formula is C21H34IN5O3. The van der Waals surface area contributed by atoms with Crippen LogP contribution in [-0.4, -0.2) is 55.6 Å². The van der Waals surface area contributed by atoms with Crippen molar-refractivity contribution in [1.29, 1.82) is 0 Å². The van der Waals surface area contributed by atoms with Crippen LogP contribution in [0.15, 0.2) is 29.3 Å². The first-order valence-corrected chi connectivity index (χ1v) is 10.2. The lowest BCUT2D eigenvalue weighted by Gasteiger charge is -2.33. The molecule has 9 heteroatoms. The third kappa shape index (κ3) is 8.37. The van der Waals surface area contributed by atoms with Crippen LogP contribution in [0.5, 0.6) is 0 Å². The smallest absolute Gasteiger partial charge is 0.319 e. The number of benzene rings is 1. The highest BCUT2D eigenvalue weighted by atomic mass is 127. The molecule has 168 valence electrons. The van der Waals surface area contributed by atoms with E-state index in [0.717, 1.165) is 49.7 Å². The van der Waals surface area contributed by atoms with Gasteiger partial charge in [0.1, 0.15) is 0 Å². The first-order valence-electron chi connectivity index (χ1n) is 10.2. The Bertz CT molecular complexity index is 701. The molecule has 1 saturated heterocycles. The van der Waals surface area contributed by atoms with Crippen LogP contribution >= 0.6 is 24.0 Å². The van der Waals surface area contributed by atoms with Crippen LogP contribution in [0.3, 0.4) is 0 Å². The fourth-order valence-corrected chi connectivity index (χ4v) is 3.21. The zero-order valence-electron chi connectivity index (χ0n) is 18.2. The topological polar surface area (TPSA) is 95.1 Å². The van der Waals surface area contributed by atoms with Gasteiger partial charge in [-0.2, -0.15) is 0 Å². The summed E-state index contributed by atoms with van der Waals surface area (Å²) in [6, 6.07) is 7.55. The molecule has 0 unspecified atom stereocenters. The second-order valence-corrected chi connectivity index (χ2v) is 7.40. The predicted molar refractivity (Wildman–Crippen MR) is 130 cm³/mol. The van der Waals surface area contributed by atoms with Crippen LogP contribution in [0.25, 0.3) is 0 Å². The van der Waals surface area contributed by atoms with Gasteiger partial charge in [0.15, 0.2) is 5.96 Å². The van der Waals surface area contributed by atoms with E-state index in [2.05, 4.69) is 20.9 Å². The molecule has 0 atom stereocenters. The van der Waals surface area contributed by atoms with E-state index < -0.39 is 0 Å². The molecule has 1 aromatic carbocycles. The van der Waals surface area contributed by atoms with Crippen LogP contribution in [0.2, 0.25) is 0 Å². The molecule has 1 aliphatic rings. The van der Waals surface area contributed by atoms with Crippen LogP contribution < -0.4 is 16.0 Å². The molecule has 3 N–H and O–H groups in total. The molecule has 2 amide bonds. The minimum absolute atomic E-state index is 0. The summed E-state index contributed by atoms with van der Waals surface area (Å²) in [7, 11) is 1.44. The molecule has 0 aromatic heterocycles. The minimum atomic E-state index is -0.212. The number of likely N-dealkylation sites (tertiary alicyclic amines) is 1. The van der Waals surface area contributed by atoms with Gasteiger partial charge in [0.2, 0.25) is 0 Å². The molecule has 1 aliphatic heterocycles. The van der Waals surface area contributed by atoms with E-state index in [1.165, 1.54) is 7.11 Å². The maximum absolute atomic E-state index is 11.8. The van der Waals surface area contributed by atoms with Gasteiger partial charge in [-0.25, -0.2) is 9.79 Å². The Labute approximate surface area is 196 Å². The number of carbonyl (C=O) groups excluding carboxylic acids is 2. The van der Waals surface area contributed by atoms with E-state index in [1.54, 1.807) is 0 Å². The molecule has 0 spiro atoms. The third-order valence-corrected chi connectivity index (χ3v) is 4.71. The van der Waals surface area contributed by atoms with E-state index in [9.17, 15) is 9.59 Å². The number of amides is 2.